The smallest absolute Gasteiger partial charge is 0.242 e. The minimum atomic E-state index is -3.60. The molecule has 0 amide bonds. The summed E-state index contributed by atoms with van der Waals surface area (Å²) in [6.45, 7) is 3.24. The summed E-state index contributed by atoms with van der Waals surface area (Å²) in [5, 5.41) is 0.836. The van der Waals surface area contributed by atoms with Gasteiger partial charge in [-0.25, -0.2) is 18.1 Å². The van der Waals surface area contributed by atoms with Crippen LogP contribution in [0, 0.1) is 12.8 Å². The third-order valence-corrected chi connectivity index (χ3v) is 6.17. The molecule has 0 unspecified atom stereocenters. The van der Waals surface area contributed by atoms with Crippen LogP contribution in [0.25, 0.3) is 10.9 Å². The highest BCUT2D eigenvalue weighted by atomic mass is 32.2. The number of aromatic nitrogens is 3. The summed E-state index contributed by atoms with van der Waals surface area (Å²) in [6, 6.07) is 7.20. The van der Waals surface area contributed by atoms with Gasteiger partial charge in [-0.2, -0.15) is 0 Å². The van der Waals surface area contributed by atoms with Gasteiger partial charge in [-0.3, -0.25) is 4.98 Å². The maximum absolute atomic E-state index is 12.8. The molecule has 0 bridgehead atoms. The first-order chi connectivity index (χ1) is 12.0. The Labute approximate surface area is 147 Å². The lowest BCUT2D eigenvalue weighted by atomic mass is 9.98. The van der Waals surface area contributed by atoms with Gasteiger partial charge in [0.15, 0.2) is 0 Å². The van der Waals surface area contributed by atoms with Crippen LogP contribution >= 0.6 is 0 Å². The Balaban J connectivity index is 1.55. The van der Waals surface area contributed by atoms with Crippen molar-refractivity contribution in [2.45, 2.75) is 31.2 Å². The lowest BCUT2D eigenvalue weighted by Gasteiger charge is -2.23. The third kappa shape index (κ3) is 3.17. The van der Waals surface area contributed by atoms with E-state index in [2.05, 4.69) is 19.3 Å². The van der Waals surface area contributed by atoms with E-state index in [0.717, 1.165) is 36.2 Å². The number of pyridine rings is 1. The molecule has 2 aromatic heterocycles. The van der Waals surface area contributed by atoms with Gasteiger partial charge < -0.3 is 4.57 Å². The van der Waals surface area contributed by atoms with E-state index in [9.17, 15) is 8.42 Å². The molecule has 1 aromatic carbocycles. The van der Waals surface area contributed by atoms with Crippen molar-refractivity contribution in [1.29, 1.82) is 0 Å². The van der Waals surface area contributed by atoms with Crippen molar-refractivity contribution in [2.75, 3.05) is 6.54 Å². The second-order valence-corrected chi connectivity index (χ2v) is 8.32. The number of nitrogens with zero attached hydrogens (tertiary/aromatic N) is 3. The predicted octanol–water partition coefficient (Wildman–Crippen LogP) is 2.28. The van der Waals surface area contributed by atoms with Crippen molar-refractivity contribution in [3.63, 3.8) is 0 Å². The monoisotopic (exact) mass is 356 g/mol. The second-order valence-electron chi connectivity index (χ2n) is 6.59. The van der Waals surface area contributed by atoms with E-state index in [1.54, 1.807) is 24.5 Å². The topological polar surface area (TPSA) is 76.9 Å². The molecule has 0 aliphatic carbocycles. The number of hydrogen-bond donors (Lipinski definition) is 1. The van der Waals surface area contributed by atoms with Gasteiger partial charge in [0, 0.05) is 43.5 Å². The number of fused-ring (bicyclic) bond motifs is 2. The molecule has 3 heterocycles. The summed E-state index contributed by atoms with van der Waals surface area (Å²) in [6.07, 6.45) is 7.20. The lowest BCUT2D eigenvalue weighted by molar-refractivity contribution is 0.379. The van der Waals surface area contributed by atoms with Crippen LogP contribution in [0.4, 0.5) is 0 Å². The van der Waals surface area contributed by atoms with E-state index in [1.807, 2.05) is 25.3 Å². The summed E-state index contributed by atoms with van der Waals surface area (Å²) in [5.74, 6) is 1.28. The molecule has 0 fully saturated rings. The van der Waals surface area contributed by atoms with Crippen LogP contribution < -0.4 is 4.72 Å². The van der Waals surface area contributed by atoms with Crippen molar-refractivity contribution in [1.82, 2.24) is 19.3 Å². The lowest BCUT2D eigenvalue weighted by Crippen LogP contribution is -2.33. The standard InChI is InChI=1S/C18H20N4O2S/c1-13-9-15-3-2-4-16(18(15)20-11-13)25(23,24)21-12-14-5-7-22-8-6-19-17(22)10-14/h2-4,6,8-9,11,14,21H,5,7,10,12H2,1H3/t14-/m1/s1. The fraction of sp³-hybridized carbons (Fsp3) is 0.333. The molecule has 7 heteroatoms. The van der Waals surface area contributed by atoms with Gasteiger partial charge in [-0.05, 0) is 37.0 Å². The highest BCUT2D eigenvalue weighted by Gasteiger charge is 2.23. The van der Waals surface area contributed by atoms with Crippen LogP contribution in [0.2, 0.25) is 0 Å². The van der Waals surface area contributed by atoms with Gasteiger partial charge in [0.1, 0.15) is 10.7 Å². The van der Waals surface area contributed by atoms with E-state index in [1.165, 1.54) is 0 Å². The number of rotatable bonds is 4. The summed E-state index contributed by atoms with van der Waals surface area (Å²) < 4.78 is 30.5. The quantitative estimate of drug-likeness (QED) is 0.778. The van der Waals surface area contributed by atoms with E-state index in [-0.39, 0.29) is 10.8 Å². The number of hydrogen-bond acceptors (Lipinski definition) is 4. The van der Waals surface area contributed by atoms with Crippen LogP contribution in [-0.2, 0) is 23.0 Å². The SMILES string of the molecule is Cc1cnc2c(S(=O)(=O)NC[C@@H]3CCn4ccnc4C3)cccc2c1. The summed E-state index contributed by atoms with van der Waals surface area (Å²) in [7, 11) is -3.60. The number of nitrogens with one attached hydrogen (secondary N) is 1. The van der Waals surface area contributed by atoms with Crippen molar-refractivity contribution >= 4 is 20.9 Å². The fourth-order valence-corrected chi connectivity index (χ4v) is 4.65. The van der Waals surface area contributed by atoms with E-state index >= 15 is 0 Å². The minimum Gasteiger partial charge on any atom is -0.335 e. The average molecular weight is 356 g/mol. The zero-order valence-electron chi connectivity index (χ0n) is 14.0. The molecule has 1 aliphatic rings. The van der Waals surface area contributed by atoms with E-state index in [4.69, 9.17) is 0 Å². The van der Waals surface area contributed by atoms with Crippen LogP contribution in [0.5, 0.6) is 0 Å². The van der Waals surface area contributed by atoms with Crippen molar-refractivity contribution in [2.24, 2.45) is 5.92 Å². The van der Waals surface area contributed by atoms with Crippen LogP contribution in [-0.4, -0.2) is 29.5 Å². The summed E-state index contributed by atoms with van der Waals surface area (Å²) in [5.41, 5.74) is 1.52. The normalized spacial score (nSPS) is 17.6. The molecule has 0 saturated carbocycles. The fourth-order valence-electron chi connectivity index (χ4n) is 3.35. The average Bonchev–Trinajstić information content (AvgIpc) is 3.07. The Morgan fingerprint density at radius 3 is 3.08 bits per heavy atom. The van der Waals surface area contributed by atoms with Crippen molar-refractivity contribution < 1.29 is 8.42 Å². The molecular formula is C18H20N4O2S. The molecule has 6 nitrogen and oxygen atoms in total. The van der Waals surface area contributed by atoms with Crippen molar-refractivity contribution in [3.05, 3.63) is 54.2 Å². The molecule has 0 spiro atoms. The molecule has 1 N–H and O–H groups in total. The van der Waals surface area contributed by atoms with Gasteiger partial charge in [-0.15, -0.1) is 0 Å². The van der Waals surface area contributed by atoms with Gasteiger partial charge in [-0.1, -0.05) is 12.1 Å². The highest BCUT2D eigenvalue weighted by Crippen LogP contribution is 2.23. The molecule has 25 heavy (non-hydrogen) atoms. The Morgan fingerprint density at radius 2 is 2.20 bits per heavy atom. The molecule has 3 aromatic rings. The highest BCUT2D eigenvalue weighted by molar-refractivity contribution is 7.89. The molecule has 130 valence electrons. The molecule has 0 radical (unpaired) electrons. The molecule has 1 aliphatic heterocycles. The zero-order chi connectivity index (χ0) is 17.4. The van der Waals surface area contributed by atoms with E-state index in [0.29, 0.717) is 12.1 Å². The minimum absolute atomic E-state index is 0.238. The number of sulfonamides is 1. The molecular weight excluding hydrogens is 336 g/mol. The summed E-state index contributed by atoms with van der Waals surface area (Å²) >= 11 is 0. The first-order valence-electron chi connectivity index (χ1n) is 8.38. The van der Waals surface area contributed by atoms with Crippen LogP contribution in [0.15, 0.2) is 47.8 Å². The number of aryl methyl sites for hydroxylation is 2. The van der Waals surface area contributed by atoms with Gasteiger partial charge in [0.2, 0.25) is 10.0 Å². The second kappa shape index (κ2) is 6.24. The number of benzene rings is 1. The Morgan fingerprint density at radius 1 is 1.32 bits per heavy atom. The Hall–Kier alpha value is -2.25. The zero-order valence-corrected chi connectivity index (χ0v) is 14.8. The van der Waals surface area contributed by atoms with Gasteiger partial charge in [0.05, 0.1) is 5.52 Å². The molecule has 4 rings (SSSR count). The number of imidazole rings is 1. The third-order valence-electron chi connectivity index (χ3n) is 4.71. The van der Waals surface area contributed by atoms with Crippen LogP contribution in [0.1, 0.15) is 17.8 Å². The summed E-state index contributed by atoms with van der Waals surface area (Å²) in [4.78, 5) is 8.90. The Kier molecular flexibility index (Phi) is 4.05. The first kappa shape index (κ1) is 16.2. The van der Waals surface area contributed by atoms with Crippen LogP contribution in [0.3, 0.4) is 0 Å². The maximum Gasteiger partial charge on any atom is 0.242 e. The molecule has 0 saturated heterocycles. The maximum atomic E-state index is 12.8. The predicted molar refractivity (Wildman–Crippen MR) is 95.7 cm³/mol. The Bertz CT molecular complexity index is 1030. The van der Waals surface area contributed by atoms with Gasteiger partial charge in [0.25, 0.3) is 0 Å². The number of para-hydroxylation sites is 1. The van der Waals surface area contributed by atoms with E-state index < -0.39 is 10.0 Å². The van der Waals surface area contributed by atoms with Crippen molar-refractivity contribution in [3.8, 4) is 0 Å². The van der Waals surface area contributed by atoms with Gasteiger partial charge >= 0.3 is 0 Å². The first-order valence-corrected chi connectivity index (χ1v) is 9.86. The molecule has 1 atom stereocenters. The largest absolute Gasteiger partial charge is 0.335 e.